The fourth-order valence-corrected chi connectivity index (χ4v) is 0.924. The van der Waals surface area contributed by atoms with Gasteiger partial charge in [-0.25, -0.2) is 4.79 Å². The van der Waals surface area contributed by atoms with Crippen molar-refractivity contribution in [1.82, 2.24) is 5.32 Å². The second-order valence-corrected chi connectivity index (χ2v) is 3.02. The Morgan fingerprint density at radius 1 is 1.50 bits per heavy atom. The summed E-state index contributed by atoms with van der Waals surface area (Å²) in [7, 11) is 0. The Morgan fingerprint density at radius 2 is 2.07 bits per heavy atom. The Labute approximate surface area is 85.0 Å². The standard InChI is InChI=1S/C6H10O2.C4H9NO/c1-3-4-5(2)6(7)8;1-3-6-4-2-5-1/h2-4H2,1H3,(H,7,8);5H,1-4H2. The van der Waals surface area contributed by atoms with Crippen molar-refractivity contribution in [1.29, 1.82) is 0 Å². The number of carboxylic acid groups (broad SMARTS) is 1. The van der Waals surface area contributed by atoms with Crippen molar-refractivity contribution in [3.05, 3.63) is 12.2 Å². The first-order chi connectivity index (χ1) is 6.68. The molecular weight excluding hydrogens is 182 g/mol. The second-order valence-electron chi connectivity index (χ2n) is 3.02. The molecule has 1 rings (SSSR count). The van der Waals surface area contributed by atoms with Gasteiger partial charge in [-0.3, -0.25) is 0 Å². The van der Waals surface area contributed by atoms with Crippen LogP contribution in [-0.2, 0) is 9.53 Å². The van der Waals surface area contributed by atoms with Crippen molar-refractivity contribution in [2.45, 2.75) is 19.8 Å². The van der Waals surface area contributed by atoms with Crippen molar-refractivity contribution in [2.24, 2.45) is 0 Å². The largest absolute Gasteiger partial charge is 0.478 e. The van der Waals surface area contributed by atoms with Gasteiger partial charge in [-0.05, 0) is 6.42 Å². The van der Waals surface area contributed by atoms with Crippen LogP contribution in [0.1, 0.15) is 19.8 Å². The van der Waals surface area contributed by atoms with Crippen molar-refractivity contribution >= 4 is 5.97 Å². The molecular formula is C10H19NO3. The van der Waals surface area contributed by atoms with E-state index in [4.69, 9.17) is 9.84 Å². The highest BCUT2D eigenvalue weighted by Crippen LogP contribution is 1.99. The molecule has 0 aromatic rings. The molecule has 1 fully saturated rings. The second kappa shape index (κ2) is 8.72. The van der Waals surface area contributed by atoms with Gasteiger partial charge < -0.3 is 15.2 Å². The highest BCUT2D eigenvalue weighted by atomic mass is 16.5. The monoisotopic (exact) mass is 201 g/mol. The van der Waals surface area contributed by atoms with E-state index in [1.54, 1.807) is 0 Å². The first-order valence-corrected chi connectivity index (χ1v) is 4.88. The zero-order valence-electron chi connectivity index (χ0n) is 8.71. The SMILES string of the molecule is C1COCCN1.C=C(CCC)C(=O)O. The van der Waals surface area contributed by atoms with Gasteiger partial charge in [0.05, 0.1) is 13.2 Å². The summed E-state index contributed by atoms with van der Waals surface area (Å²) in [5.74, 6) is -0.883. The van der Waals surface area contributed by atoms with Gasteiger partial charge in [-0.2, -0.15) is 0 Å². The van der Waals surface area contributed by atoms with E-state index in [-0.39, 0.29) is 0 Å². The van der Waals surface area contributed by atoms with E-state index in [0.717, 1.165) is 32.7 Å². The summed E-state index contributed by atoms with van der Waals surface area (Å²) in [5, 5.41) is 11.4. The molecule has 0 unspecified atom stereocenters. The predicted molar refractivity (Wildman–Crippen MR) is 55.4 cm³/mol. The average molecular weight is 201 g/mol. The lowest BCUT2D eigenvalue weighted by atomic mass is 10.2. The van der Waals surface area contributed by atoms with Crippen LogP contribution in [0.25, 0.3) is 0 Å². The molecule has 0 aliphatic carbocycles. The highest BCUT2D eigenvalue weighted by Gasteiger charge is 1.99. The number of carboxylic acids is 1. The molecule has 0 aromatic heterocycles. The van der Waals surface area contributed by atoms with Crippen LogP contribution < -0.4 is 5.32 Å². The zero-order valence-corrected chi connectivity index (χ0v) is 8.71. The fraction of sp³-hybridized carbons (Fsp3) is 0.700. The number of rotatable bonds is 3. The van der Waals surface area contributed by atoms with E-state index in [2.05, 4.69) is 11.9 Å². The smallest absolute Gasteiger partial charge is 0.330 e. The van der Waals surface area contributed by atoms with Crippen LogP contribution in [0.15, 0.2) is 12.2 Å². The van der Waals surface area contributed by atoms with Crippen LogP contribution in [0.4, 0.5) is 0 Å². The van der Waals surface area contributed by atoms with E-state index in [1.165, 1.54) is 0 Å². The van der Waals surface area contributed by atoms with Crippen LogP contribution >= 0.6 is 0 Å². The molecule has 0 atom stereocenters. The van der Waals surface area contributed by atoms with Gasteiger partial charge in [0, 0.05) is 18.7 Å². The number of carbonyl (C=O) groups is 1. The van der Waals surface area contributed by atoms with Crippen LogP contribution in [0.5, 0.6) is 0 Å². The summed E-state index contributed by atoms with van der Waals surface area (Å²) in [4.78, 5) is 9.99. The van der Waals surface area contributed by atoms with E-state index < -0.39 is 5.97 Å². The van der Waals surface area contributed by atoms with Gasteiger partial charge in [0.2, 0.25) is 0 Å². The van der Waals surface area contributed by atoms with E-state index in [0.29, 0.717) is 12.0 Å². The molecule has 0 spiro atoms. The van der Waals surface area contributed by atoms with Gasteiger partial charge in [0.1, 0.15) is 0 Å². The number of morpholine rings is 1. The van der Waals surface area contributed by atoms with E-state index in [9.17, 15) is 4.79 Å². The first-order valence-electron chi connectivity index (χ1n) is 4.88. The Kier molecular flexibility index (Phi) is 8.17. The van der Waals surface area contributed by atoms with Gasteiger partial charge >= 0.3 is 5.97 Å². The summed E-state index contributed by atoms with van der Waals surface area (Å²) in [6, 6.07) is 0. The molecule has 0 radical (unpaired) electrons. The highest BCUT2D eigenvalue weighted by molar-refractivity contribution is 5.85. The minimum absolute atomic E-state index is 0.299. The molecule has 1 saturated heterocycles. The van der Waals surface area contributed by atoms with E-state index in [1.807, 2.05) is 6.92 Å². The fourth-order valence-electron chi connectivity index (χ4n) is 0.924. The molecule has 0 amide bonds. The maximum absolute atomic E-state index is 9.99. The Balaban J connectivity index is 0.000000249. The molecule has 14 heavy (non-hydrogen) atoms. The lowest BCUT2D eigenvalue weighted by Gasteiger charge is -2.10. The van der Waals surface area contributed by atoms with Gasteiger partial charge in [-0.15, -0.1) is 0 Å². The normalized spacial score (nSPS) is 15.2. The average Bonchev–Trinajstić information content (AvgIpc) is 2.21. The van der Waals surface area contributed by atoms with Crippen LogP contribution in [-0.4, -0.2) is 37.4 Å². The number of aliphatic carboxylic acids is 1. The maximum Gasteiger partial charge on any atom is 0.330 e. The molecule has 0 aromatic carbocycles. The van der Waals surface area contributed by atoms with E-state index >= 15 is 0 Å². The van der Waals surface area contributed by atoms with Crippen molar-refractivity contribution in [3.63, 3.8) is 0 Å². The van der Waals surface area contributed by atoms with Gasteiger partial charge in [0.15, 0.2) is 0 Å². The lowest BCUT2D eigenvalue weighted by molar-refractivity contribution is -0.132. The third kappa shape index (κ3) is 7.76. The summed E-state index contributed by atoms with van der Waals surface area (Å²) < 4.78 is 5.01. The predicted octanol–water partition coefficient (Wildman–Crippen LogP) is 1.03. The summed E-state index contributed by atoms with van der Waals surface area (Å²) in [5.41, 5.74) is 0.299. The molecule has 2 N–H and O–H groups in total. The minimum Gasteiger partial charge on any atom is -0.478 e. The molecule has 1 heterocycles. The Morgan fingerprint density at radius 3 is 2.21 bits per heavy atom. The molecule has 0 bridgehead atoms. The summed E-state index contributed by atoms with van der Waals surface area (Å²) in [6.45, 7) is 9.10. The molecule has 0 saturated carbocycles. The lowest BCUT2D eigenvalue weighted by Crippen LogP contribution is -2.30. The number of hydrogen-bond acceptors (Lipinski definition) is 3. The third-order valence-corrected chi connectivity index (χ3v) is 1.70. The zero-order chi connectivity index (χ0) is 10.8. The molecule has 1 aliphatic heterocycles. The molecule has 4 heteroatoms. The Bertz CT molecular complexity index is 165. The number of nitrogens with one attached hydrogen (secondary N) is 1. The first kappa shape index (κ1) is 13.1. The van der Waals surface area contributed by atoms with Gasteiger partial charge in [-0.1, -0.05) is 19.9 Å². The van der Waals surface area contributed by atoms with Crippen LogP contribution in [0, 0.1) is 0 Å². The van der Waals surface area contributed by atoms with Crippen molar-refractivity contribution < 1.29 is 14.6 Å². The molecule has 82 valence electrons. The van der Waals surface area contributed by atoms with Crippen molar-refractivity contribution in [3.8, 4) is 0 Å². The number of hydrogen-bond donors (Lipinski definition) is 2. The maximum atomic E-state index is 9.99. The summed E-state index contributed by atoms with van der Waals surface area (Å²) >= 11 is 0. The quantitative estimate of drug-likeness (QED) is 0.670. The minimum atomic E-state index is -0.883. The Hall–Kier alpha value is -0.870. The van der Waals surface area contributed by atoms with Gasteiger partial charge in [0.25, 0.3) is 0 Å². The molecule has 4 nitrogen and oxygen atoms in total. The number of ether oxygens (including phenoxy) is 1. The van der Waals surface area contributed by atoms with Crippen LogP contribution in [0.2, 0.25) is 0 Å². The van der Waals surface area contributed by atoms with Crippen molar-refractivity contribution in [2.75, 3.05) is 26.3 Å². The van der Waals surface area contributed by atoms with Crippen LogP contribution in [0.3, 0.4) is 0 Å². The molecule has 1 aliphatic rings. The third-order valence-electron chi connectivity index (χ3n) is 1.70. The topological polar surface area (TPSA) is 58.6 Å². The summed E-state index contributed by atoms with van der Waals surface area (Å²) in [6.07, 6.45) is 1.44.